The fourth-order valence-electron chi connectivity index (χ4n) is 7.05. The summed E-state index contributed by atoms with van der Waals surface area (Å²) in [5, 5.41) is 7.40. The molecule has 3 nitrogen and oxygen atoms in total. The van der Waals surface area contributed by atoms with Gasteiger partial charge in [0.05, 0.1) is 22.1 Å². The Morgan fingerprint density at radius 2 is 1.17 bits per heavy atom. The minimum Gasteiger partial charge on any atom is -0.292 e. The van der Waals surface area contributed by atoms with Crippen LogP contribution < -0.4 is 0 Å². The van der Waals surface area contributed by atoms with Crippen molar-refractivity contribution in [3.8, 4) is 28.2 Å². The molecule has 3 heterocycles. The number of thiophene rings is 1. The smallest absolute Gasteiger partial charge is 0.165 e. The van der Waals surface area contributed by atoms with Crippen LogP contribution >= 0.6 is 11.3 Å². The quantitative estimate of drug-likeness (QED) is 0.201. The number of rotatable bonds is 3. The number of para-hydroxylation sites is 2. The first-order valence-electron chi connectivity index (χ1n) is 15.5. The first-order chi connectivity index (χ1) is 22.8. The zero-order chi connectivity index (χ0) is 30.2. The highest BCUT2D eigenvalue weighted by Gasteiger charge is 2.22. The van der Waals surface area contributed by atoms with Gasteiger partial charge in [0, 0.05) is 36.5 Å². The second-order valence-corrected chi connectivity index (χ2v) is 12.9. The zero-order valence-electron chi connectivity index (χ0n) is 24.7. The molecule has 0 aliphatic heterocycles. The number of hydrogen-bond acceptors (Lipinski definition) is 3. The van der Waals surface area contributed by atoms with Crippen molar-refractivity contribution in [3.05, 3.63) is 152 Å². The SMILES string of the molecule is c1ccc(-c2cccc3c2c2cc4ccccc4cc2n3-c2nc3ccccc3nc2-c2ccc3c(c2)sc2ccccc23)cc1. The van der Waals surface area contributed by atoms with Crippen LogP contribution in [0, 0.1) is 0 Å². The number of aromatic nitrogens is 3. The Morgan fingerprint density at radius 3 is 2.04 bits per heavy atom. The third-order valence-corrected chi connectivity index (χ3v) is 10.3. The summed E-state index contributed by atoms with van der Waals surface area (Å²) in [4.78, 5) is 10.7. The molecule has 10 aromatic rings. The standard InChI is InChI=1S/C42H25N3S/c1-2-11-26(12-3-1)30-16-10-19-36-40(30)33-23-27-13-4-5-14-28(27)24-37(33)45(36)42-41(43-34-17-7-8-18-35(34)44-42)29-21-22-32-31-15-6-9-20-38(31)46-39(32)25-29/h1-25H. The predicted octanol–water partition coefficient (Wildman–Crippen LogP) is 11.6. The van der Waals surface area contributed by atoms with E-state index in [1.54, 1.807) is 0 Å². The molecular formula is C42H25N3S. The lowest BCUT2D eigenvalue weighted by Crippen LogP contribution is -2.03. The van der Waals surface area contributed by atoms with E-state index in [0.29, 0.717) is 0 Å². The van der Waals surface area contributed by atoms with E-state index < -0.39 is 0 Å². The summed E-state index contributed by atoms with van der Waals surface area (Å²) < 4.78 is 4.88. The maximum atomic E-state index is 5.40. The molecule has 0 unspecified atom stereocenters. The largest absolute Gasteiger partial charge is 0.292 e. The van der Waals surface area contributed by atoms with Gasteiger partial charge in [0.25, 0.3) is 0 Å². The summed E-state index contributed by atoms with van der Waals surface area (Å²) in [6, 6.07) is 54.2. The molecule has 0 spiro atoms. The highest BCUT2D eigenvalue weighted by Crippen LogP contribution is 2.42. The fraction of sp³-hybridized carbons (Fsp3) is 0. The summed E-state index contributed by atoms with van der Waals surface area (Å²) in [5.41, 5.74) is 8.32. The van der Waals surface area contributed by atoms with E-state index >= 15 is 0 Å². The molecule has 0 aliphatic carbocycles. The van der Waals surface area contributed by atoms with E-state index in [4.69, 9.17) is 9.97 Å². The Morgan fingerprint density at radius 1 is 0.457 bits per heavy atom. The van der Waals surface area contributed by atoms with E-state index in [-0.39, 0.29) is 0 Å². The van der Waals surface area contributed by atoms with Crippen LogP contribution in [0.25, 0.3) is 92.0 Å². The Balaban J connectivity index is 1.35. The van der Waals surface area contributed by atoms with Gasteiger partial charge in [-0.05, 0) is 64.4 Å². The van der Waals surface area contributed by atoms with Crippen LogP contribution in [0.1, 0.15) is 0 Å². The van der Waals surface area contributed by atoms with Gasteiger partial charge in [-0.15, -0.1) is 11.3 Å². The first kappa shape index (κ1) is 25.5. The molecular weight excluding hydrogens is 579 g/mol. The molecule has 214 valence electrons. The number of nitrogens with zero attached hydrogens (tertiary/aromatic N) is 3. The van der Waals surface area contributed by atoms with E-state index in [9.17, 15) is 0 Å². The minimum atomic E-state index is 0.833. The second kappa shape index (κ2) is 9.83. The Kier molecular flexibility index (Phi) is 5.45. The van der Waals surface area contributed by atoms with Gasteiger partial charge < -0.3 is 0 Å². The maximum Gasteiger partial charge on any atom is 0.165 e. The van der Waals surface area contributed by atoms with Crippen molar-refractivity contribution in [3.63, 3.8) is 0 Å². The van der Waals surface area contributed by atoms with Crippen LogP contribution in [-0.4, -0.2) is 14.5 Å². The Labute approximate surface area is 268 Å². The fourth-order valence-corrected chi connectivity index (χ4v) is 8.20. The minimum absolute atomic E-state index is 0.833. The Hall–Kier alpha value is -5.84. The van der Waals surface area contributed by atoms with E-state index in [1.807, 2.05) is 23.5 Å². The van der Waals surface area contributed by atoms with Crippen LogP contribution in [-0.2, 0) is 0 Å². The van der Waals surface area contributed by atoms with Crippen molar-refractivity contribution in [2.45, 2.75) is 0 Å². The summed E-state index contributed by atoms with van der Waals surface area (Å²) in [5.74, 6) is 0.833. The monoisotopic (exact) mass is 603 g/mol. The van der Waals surface area contributed by atoms with Gasteiger partial charge in [0.15, 0.2) is 5.82 Å². The molecule has 0 atom stereocenters. The molecule has 0 fully saturated rings. The van der Waals surface area contributed by atoms with Crippen molar-refractivity contribution in [2.24, 2.45) is 0 Å². The Bertz CT molecular complexity index is 2810. The summed E-state index contributed by atoms with van der Waals surface area (Å²) in [6.07, 6.45) is 0. The van der Waals surface area contributed by atoms with Crippen molar-refractivity contribution in [2.75, 3.05) is 0 Å². The molecule has 0 saturated carbocycles. The number of benzene rings is 7. The molecule has 0 N–H and O–H groups in total. The van der Waals surface area contributed by atoms with E-state index in [2.05, 4.69) is 144 Å². The third kappa shape index (κ3) is 3.77. The van der Waals surface area contributed by atoms with Gasteiger partial charge in [0.1, 0.15) is 5.69 Å². The van der Waals surface area contributed by atoms with Crippen molar-refractivity contribution >= 4 is 75.1 Å². The normalized spacial score (nSPS) is 11.9. The highest BCUT2D eigenvalue weighted by atomic mass is 32.1. The summed E-state index contributed by atoms with van der Waals surface area (Å²) in [7, 11) is 0. The molecule has 4 heteroatoms. The average Bonchev–Trinajstić information content (AvgIpc) is 3.65. The molecule has 46 heavy (non-hydrogen) atoms. The lowest BCUT2D eigenvalue weighted by Gasteiger charge is -2.14. The summed E-state index contributed by atoms with van der Waals surface area (Å²) in [6.45, 7) is 0. The van der Waals surface area contributed by atoms with Gasteiger partial charge in [-0.2, -0.15) is 0 Å². The zero-order valence-corrected chi connectivity index (χ0v) is 25.5. The molecule has 10 rings (SSSR count). The van der Waals surface area contributed by atoms with Gasteiger partial charge in [0.2, 0.25) is 0 Å². The third-order valence-electron chi connectivity index (χ3n) is 9.16. The number of hydrogen-bond donors (Lipinski definition) is 0. The molecule has 7 aromatic carbocycles. The average molecular weight is 604 g/mol. The lowest BCUT2D eigenvalue weighted by atomic mass is 9.98. The first-order valence-corrected chi connectivity index (χ1v) is 16.3. The van der Waals surface area contributed by atoms with Crippen molar-refractivity contribution in [1.29, 1.82) is 0 Å². The second-order valence-electron chi connectivity index (χ2n) is 11.8. The van der Waals surface area contributed by atoms with Crippen molar-refractivity contribution in [1.82, 2.24) is 14.5 Å². The molecule has 0 radical (unpaired) electrons. The van der Waals surface area contributed by atoms with Crippen LogP contribution in [0.2, 0.25) is 0 Å². The molecule has 0 aliphatic rings. The van der Waals surface area contributed by atoms with Gasteiger partial charge in [-0.3, -0.25) is 4.57 Å². The van der Waals surface area contributed by atoms with Crippen LogP contribution in [0.4, 0.5) is 0 Å². The predicted molar refractivity (Wildman–Crippen MR) is 195 cm³/mol. The van der Waals surface area contributed by atoms with E-state index in [1.165, 1.54) is 52.8 Å². The lowest BCUT2D eigenvalue weighted by molar-refractivity contribution is 1.08. The molecule has 0 amide bonds. The number of fused-ring (bicyclic) bond motifs is 8. The summed E-state index contributed by atoms with van der Waals surface area (Å²) >= 11 is 1.83. The molecule has 0 bridgehead atoms. The van der Waals surface area contributed by atoms with Crippen molar-refractivity contribution < 1.29 is 0 Å². The molecule has 3 aromatic heterocycles. The highest BCUT2D eigenvalue weighted by molar-refractivity contribution is 7.25. The maximum absolute atomic E-state index is 5.40. The van der Waals surface area contributed by atoms with E-state index in [0.717, 1.165) is 39.1 Å². The topological polar surface area (TPSA) is 30.7 Å². The van der Waals surface area contributed by atoms with Gasteiger partial charge >= 0.3 is 0 Å². The van der Waals surface area contributed by atoms with Gasteiger partial charge in [-0.1, -0.05) is 109 Å². The van der Waals surface area contributed by atoms with Crippen LogP contribution in [0.5, 0.6) is 0 Å². The van der Waals surface area contributed by atoms with Crippen LogP contribution in [0.15, 0.2) is 152 Å². The molecule has 0 saturated heterocycles. The van der Waals surface area contributed by atoms with Gasteiger partial charge in [-0.25, -0.2) is 9.97 Å². The van der Waals surface area contributed by atoms with Crippen LogP contribution in [0.3, 0.4) is 0 Å².